The molecule has 0 aliphatic rings. The molecule has 0 aliphatic heterocycles. The number of halogens is 5. The van der Waals surface area contributed by atoms with Gasteiger partial charge in [-0.2, -0.15) is 13.2 Å². The van der Waals surface area contributed by atoms with Crippen LogP contribution in [0.4, 0.5) is 17.6 Å². The molecule has 0 radical (unpaired) electrons. The summed E-state index contributed by atoms with van der Waals surface area (Å²) in [6.45, 7) is 2.17. The van der Waals surface area contributed by atoms with E-state index in [0.717, 1.165) is 32.2 Å². The van der Waals surface area contributed by atoms with E-state index in [9.17, 15) is 35.9 Å². The monoisotopic (exact) mass is 495 g/mol. The Balaban J connectivity index is 2.38. The lowest BCUT2D eigenvalue weighted by Gasteiger charge is -2.28. The van der Waals surface area contributed by atoms with Gasteiger partial charge in [-0.25, -0.2) is 12.8 Å². The van der Waals surface area contributed by atoms with Crippen LogP contribution in [0.3, 0.4) is 0 Å². The summed E-state index contributed by atoms with van der Waals surface area (Å²) in [5, 5.41) is 11.4. The van der Waals surface area contributed by atoms with E-state index in [4.69, 9.17) is 11.6 Å². The molecule has 2 aromatic carbocycles. The predicted molar refractivity (Wildman–Crippen MR) is 113 cm³/mol. The van der Waals surface area contributed by atoms with E-state index in [0.29, 0.717) is 11.1 Å². The van der Waals surface area contributed by atoms with Gasteiger partial charge in [-0.15, -0.1) is 0 Å². The Hall–Kier alpha value is -2.17. The summed E-state index contributed by atoms with van der Waals surface area (Å²) in [6.07, 6.45) is -4.48. The Kier molecular flexibility index (Phi) is 7.63. The number of nitrogens with one attached hydrogen (secondary N) is 1. The van der Waals surface area contributed by atoms with Crippen LogP contribution in [0.2, 0.25) is 5.02 Å². The quantitative estimate of drug-likeness (QED) is 0.492. The van der Waals surface area contributed by atoms with Crippen LogP contribution in [0.5, 0.6) is 0 Å². The molecule has 0 saturated heterocycles. The Morgan fingerprint density at radius 1 is 1.09 bits per heavy atom. The molecule has 0 aliphatic carbocycles. The average Bonchev–Trinajstić information content (AvgIpc) is 2.62. The Morgan fingerprint density at radius 2 is 1.66 bits per heavy atom. The molecule has 0 saturated carbocycles. The van der Waals surface area contributed by atoms with Crippen LogP contribution in [0.25, 0.3) is 11.1 Å². The van der Waals surface area contributed by atoms with Crippen molar-refractivity contribution in [1.82, 2.24) is 5.32 Å². The van der Waals surface area contributed by atoms with Gasteiger partial charge in [0.05, 0.1) is 4.90 Å². The van der Waals surface area contributed by atoms with Crippen molar-refractivity contribution in [3.05, 3.63) is 53.1 Å². The standard InChI is InChI=1S/C21H22ClF4NO4S/c1-20(2,23)11-17(19(28)29)27-18(21(24,25)26)13-6-4-12(5-7-13)15-9-8-14(10-16(15)22)32(3,30)31/h4-10,17-18,27H,11H2,1-3H3,(H,28,29)/t17-,18-/m0/s1. The fourth-order valence-corrected chi connectivity index (χ4v) is 4.10. The molecular formula is C21H22ClF4NO4S. The summed E-state index contributed by atoms with van der Waals surface area (Å²) in [5.74, 6) is -1.60. The number of carboxylic acids is 1. The molecule has 2 aromatic rings. The van der Waals surface area contributed by atoms with E-state index in [1.54, 1.807) is 0 Å². The van der Waals surface area contributed by atoms with Gasteiger partial charge >= 0.3 is 12.1 Å². The van der Waals surface area contributed by atoms with Crippen LogP contribution in [-0.2, 0) is 14.6 Å². The molecule has 0 heterocycles. The molecule has 0 aromatic heterocycles. The molecule has 0 bridgehead atoms. The number of hydrogen-bond acceptors (Lipinski definition) is 4. The zero-order valence-electron chi connectivity index (χ0n) is 17.4. The van der Waals surface area contributed by atoms with Crippen LogP contribution < -0.4 is 5.32 Å². The lowest BCUT2D eigenvalue weighted by molar-refractivity contribution is -0.164. The number of aliphatic carboxylic acids is 1. The van der Waals surface area contributed by atoms with Gasteiger partial charge in [0.2, 0.25) is 0 Å². The third-order valence-electron chi connectivity index (χ3n) is 4.61. The van der Waals surface area contributed by atoms with Crippen molar-refractivity contribution in [2.24, 2.45) is 0 Å². The number of sulfone groups is 1. The molecule has 0 amide bonds. The minimum Gasteiger partial charge on any atom is -0.480 e. The Morgan fingerprint density at radius 3 is 2.06 bits per heavy atom. The van der Waals surface area contributed by atoms with E-state index >= 15 is 0 Å². The maximum Gasteiger partial charge on any atom is 0.407 e. The van der Waals surface area contributed by atoms with Gasteiger partial charge in [0.25, 0.3) is 0 Å². The highest BCUT2D eigenvalue weighted by Gasteiger charge is 2.43. The second kappa shape index (κ2) is 9.36. The van der Waals surface area contributed by atoms with Crippen LogP contribution in [0.15, 0.2) is 47.4 Å². The van der Waals surface area contributed by atoms with Gasteiger partial charge in [0.1, 0.15) is 17.8 Å². The van der Waals surface area contributed by atoms with Gasteiger partial charge < -0.3 is 5.11 Å². The van der Waals surface area contributed by atoms with Gasteiger partial charge in [0.15, 0.2) is 9.84 Å². The molecular weight excluding hydrogens is 474 g/mol. The van der Waals surface area contributed by atoms with Crippen molar-refractivity contribution in [1.29, 1.82) is 0 Å². The van der Waals surface area contributed by atoms with Gasteiger partial charge in [0, 0.05) is 23.3 Å². The lowest BCUT2D eigenvalue weighted by Crippen LogP contribution is -2.47. The van der Waals surface area contributed by atoms with Crippen LogP contribution in [0.1, 0.15) is 31.9 Å². The molecule has 2 N–H and O–H groups in total. The smallest absolute Gasteiger partial charge is 0.407 e. The first kappa shape index (κ1) is 26.1. The van der Waals surface area contributed by atoms with E-state index in [1.807, 2.05) is 5.32 Å². The molecule has 0 unspecified atom stereocenters. The van der Waals surface area contributed by atoms with E-state index in [-0.39, 0.29) is 15.5 Å². The first-order valence-corrected chi connectivity index (χ1v) is 11.6. The van der Waals surface area contributed by atoms with Crippen molar-refractivity contribution < 1.29 is 35.9 Å². The molecule has 11 heteroatoms. The summed E-state index contributed by atoms with van der Waals surface area (Å²) in [7, 11) is -3.48. The number of carboxylic acid groups (broad SMARTS) is 1. The van der Waals surface area contributed by atoms with Gasteiger partial charge in [-0.05, 0) is 37.1 Å². The molecule has 176 valence electrons. The first-order valence-electron chi connectivity index (χ1n) is 9.33. The predicted octanol–water partition coefficient (Wildman–Crippen LogP) is 5.19. The van der Waals surface area contributed by atoms with Crippen molar-refractivity contribution >= 4 is 27.4 Å². The number of hydrogen-bond donors (Lipinski definition) is 2. The second-order valence-corrected chi connectivity index (χ2v) is 10.4. The fourth-order valence-electron chi connectivity index (χ4n) is 3.10. The molecule has 5 nitrogen and oxygen atoms in total. The minimum absolute atomic E-state index is 0.000273. The van der Waals surface area contributed by atoms with Crippen LogP contribution >= 0.6 is 11.6 Å². The number of alkyl halides is 4. The summed E-state index contributed by atoms with van der Waals surface area (Å²) in [5.41, 5.74) is -1.43. The van der Waals surface area contributed by atoms with Gasteiger partial charge in [-0.1, -0.05) is 41.9 Å². The molecule has 0 fully saturated rings. The third kappa shape index (κ3) is 6.91. The van der Waals surface area contributed by atoms with Crippen molar-refractivity contribution in [3.63, 3.8) is 0 Å². The van der Waals surface area contributed by atoms with Crippen molar-refractivity contribution in [2.45, 2.75) is 49.1 Å². The number of rotatable bonds is 8. The molecule has 32 heavy (non-hydrogen) atoms. The highest BCUT2D eigenvalue weighted by atomic mass is 35.5. The maximum atomic E-state index is 13.9. The van der Waals surface area contributed by atoms with E-state index < -0.39 is 46.2 Å². The Labute approximate surface area is 188 Å². The van der Waals surface area contributed by atoms with Gasteiger partial charge in [-0.3, -0.25) is 10.1 Å². The van der Waals surface area contributed by atoms with Crippen LogP contribution in [-0.4, -0.2) is 43.6 Å². The normalized spacial score (nSPS) is 14.8. The molecule has 2 atom stereocenters. The number of benzene rings is 2. The van der Waals surface area contributed by atoms with E-state index in [2.05, 4.69) is 0 Å². The molecule has 0 spiro atoms. The Bertz CT molecular complexity index is 1080. The van der Waals surface area contributed by atoms with E-state index in [1.165, 1.54) is 30.3 Å². The first-order chi connectivity index (χ1) is 14.5. The maximum absolute atomic E-state index is 13.9. The zero-order chi connectivity index (χ0) is 24.5. The lowest BCUT2D eigenvalue weighted by atomic mass is 9.97. The van der Waals surface area contributed by atoms with Crippen LogP contribution in [0, 0.1) is 0 Å². The summed E-state index contributed by atoms with van der Waals surface area (Å²) in [6, 6.07) is 4.93. The minimum atomic E-state index is -4.84. The third-order valence-corrected chi connectivity index (χ3v) is 6.03. The highest BCUT2D eigenvalue weighted by Crippen LogP contribution is 2.36. The highest BCUT2D eigenvalue weighted by molar-refractivity contribution is 7.90. The zero-order valence-corrected chi connectivity index (χ0v) is 18.9. The topological polar surface area (TPSA) is 83.5 Å². The second-order valence-electron chi connectivity index (χ2n) is 7.99. The SMILES string of the molecule is CC(C)(F)C[C@H](N[C@@H](c1ccc(-c2ccc(S(C)(=O)=O)cc2Cl)cc1)C(F)(F)F)C(=O)O. The summed E-state index contributed by atoms with van der Waals surface area (Å²) >= 11 is 6.15. The van der Waals surface area contributed by atoms with Crippen molar-refractivity contribution in [2.75, 3.05) is 6.26 Å². The number of carbonyl (C=O) groups is 1. The fraction of sp³-hybridized carbons (Fsp3) is 0.381. The average molecular weight is 496 g/mol. The summed E-state index contributed by atoms with van der Waals surface area (Å²) in [4.78, 5) is 11.4. The van der Waals surface area contributed by atoms with Crippen molar-refractivity contribution in [3.8, 4) is 11.1 Å². The largest absolute Gasteiger partial charge is 0.480 e. The summed E-state index contributed by atoms with van der Waals surface area (Å²) < 4.78 is 78.2. The molecule has 2 rings (SSSR count).